The Morgan fingerprint density at radius 1 is 1.04 bits per heavy atom. The number of carbonyl (C=O) groups excluding carboxylic acids is 4. The molecule has 4 aliphatic heterocycles. The largest absolute Gasteiger partial charge is 0.478 e. The van der Waals surface area contributed by atoms with Crippen LogP contribution in [0.4, 0.5) is 14.0 Å². The smallest absolute Gasteiger partial charge is 0.446 e. The molecule has 1 saturated carbocycles. The summed E-state index contributed by atoms with van der Waals surface area (Å²) in [6.07, 6.45) is 8.43. The number of nitrogens with zero attached hydrogens (tertiary/aromatic N) is 2. The van der Waals surface area contributed by atoms with Crippen LogP contribution in [-0.2, 0) is 36.8 Å². The molecule has 3 fully saturated rings. The Morgan fingerprint density at radius 2 is 1.85 bits per heavy atom. The maximum absolute atomic E-state index is 14.3. The first-order chi connectivity index (χ1) is 22.3. The predicted octanol–water partition coefficient (Wildman–Crippen LogP) is 2.96. The Hall–Kier alpha value is -3.65. The third-order valence-corrected chi connectivity index (χ3v) is 9.79. The van der Waals surface area contributed by atoms with Gasteiger partial charge in [0.25, 0.3) is 0 Å². The minimum absolute atomic E-state index is 0.0198. The van der Waals surface area contributed by atoms with Crippen LogP contribution in [0.25, 0.3) is 0 Å². The zero-order valence-electron chi connectivity index (χ0n) is 25.9. The molecule has 1 aromatic rings. The first-order valence-electron chi connectivity index (χ1n) is 16.5. The molecule has 1 unspecified atom stereocenters. The van der Waals surface area contributed by atoms with Gasteiger partial charge in [0.15, 0.2) is 0 Å². The van der Waals surface area contributed by atoms with Gasteiger partial charge < -0.3 is 34.7 Å². The Bertz CT molecular complexity index is 1340. The minimum Gasteiger partial charge on any atom is -0.446 e. The van der Waals surface area contributed by atoms with Crippen molar-refractivity contribution >= 4 is 31.1 Å². The van der Waals surface area contributed by atoms with E-state index in [1.807, 2.05) is 12.2 Å². The lowest BCUT2D eigenvalue weighted by Crippen LogP contribution is -2.56. The van der Waals surface area contributed by atoms with Gasteiger partial charge in [-0.3, -0.25) is 14.5 Å². The second-order valence-electron chi connectivity index (χ2n) is 13.0. The summed E-state index contributed by atoms with van der Waals surface area (Å²) in [4.78, 5) is 56.8. The van der Waals surface area contributed by atoms with Gasteiger partial charge in [0.2, 0.25) is 11.8 Å². The van der Waals surface area contributed by atoms with E-state index in [0.29, 0.717) is 30.4 Å². The summed E-state index contributed by atoms with van der Waals surface area (Å²) < 4.78 is 31.2. The van der Waals surface area contributed by atoms with Crippen molar-refractivity contribution in [2.75, 3.05) is 13.2 Å². The van der Waals surface area contributed by atoms with Crippen molar-refractivity contribution in [3.05, 3.63) is 47.3 Å². The van der Waals surface area contributed by atoms with Crippen molar-refractivity contribution in [3.8, 4) is 0 Å². The number of nitrogens with one attached hydrogen (secondary N) is 2. The van der Waals surface area contributed by atoms with Crippen molar-refractivity contribution in [2.45, 2.75) is 108 Å². The van der Waals surface area contributed by atoms with E-state index in [2.05, 4.69) is 10.6 Å². The minimum atomic E-state index is -1.20. The number of allylic oxidation sites excluding steroid dienone is 2. The van der Waals surface area contributed by atoms with Crippen LogP contribution in [-0.4, -0.2) is 89.3 Å². The van der Waals surface area contributed by atoms with Gasteiger partial charge in [-0.2, -0.15) is 0 Å². The number of ether oxygens (including phenoxy) is 2. The third kappa shape index (κ3) is 7.33. The lowest BCUT2D eigenvalue weighted by molar-refractivity contribution is -0.140. The average molecular weight is 641 g/mol. The number of amides is 4. The molecule has 1 aromatic carbocycles. The van der Waals surface area contributed by atoms with E-state index in [0.717, 1.165) is 38.5 Å². The standard InChI is InChI=1S/C32H42BFN4O8/c34-25-13-8-10-20-16-37(18-24(20)25)32(42)46-23-15-27-29(39)36-28-21(19-44-33(28)43)9-4-2-1-3-5-14-26(30(40)38(27)17-23)35-31(41)45-22-11-6-7-12-22/h2,4,8,10,13,21-23,26-28,43H,1,3,5-7,9,11-12,14-19H2,(H,35,41)(H,36,39)/b4-2-/t21-,23+,26-,27-,28?/m0/s1. The fourth-order valence-corrected chi connectivity index (χ4v) is 7.22. The van der Waals surface area contributed by atoms with E-state index in [4.69, 9.17) is 14.1 Å². The molecule has 1 aliphatic carbocycles. The van der Waals surface area contributed by atoms with Gasteiger partial charge in [-0.25, -0.2) is 14.0 Å². The van der Waals surface area contributed by atoms with Crippen LogP contribution in [0.3, 0.4) is 0 Å². The Labute approximate surface area is 268 Å². The summed E-state index contributed by atoms with van der Waals surface area (Å²) in [5.41, 5.74) is 1.14. The molecule has 12 nitrogen and oxygen atoms in total. The molecule has 0 bridgehead atoms. The maximum Gasteiger partial charge on any atom is 0.478 e. The fraction of sp³-hybridized carbons (Fsp3) is 0.625. The van der Waals surface area contributed by atoms with Crippen molar-refractivity contribution in [1.29, 1.82) is 0 Å². The first kappa shape index (κ1) is 32.3. The lowest BCUT2D eigenvalue weighted by Gasteiger charge is -2.30. The van der Waals surface area contributed by atoms with E-state index >= 15 is 0 Å². The topological polar surface area (TPSA) is 147 Å². The molecular weight excluding hydrogens is 598 g/mol. The molecule has 0 spiro atoms. The molecule has 0 aromatic heterocycles. The predicted molar refractivity (Wildman–Crippen MR) is 163 cm³/mol. The Balaban J connectivity index is 1.20. The van der Waals surface area contributed by atoms with Gasteiger partial charge in [0.1, 0.15) is 30.1 Å². The normalized spacial score (nSPS) is 29.7. The average Bonchev–Trinajstić information content (AvgIpc) is 3.84. The van der Waals surface area contributed by atoms with Crippen LogP contribution < -0.4 is 10.6 Å². The van der Waals surface area contributed by atoms with E-state index in [9.17, 15) is 28.6 Å². The molecule has 248 valence electrons. The number of halogens is 1. The van der Waals surface area contributed by atoms with Crippen LogP contribution in [0.5, 0.6) is 0 Å². The summed E-state index contributed by atoms with van der Waals surface area (Å²) in [5.74, 6) is -2.21. The Kier molecular flexibility index (Phi) is 10.1. The van der Waals surface area contributed by atoms with Gasteiger partial charge >= 0.3 is 19.3 Å². The van der Waals surface area contributed by atoms with Crippen LogP contribution in [0, 0.1) is 11.7 Å². The number of fused-ring (bicyclic) bond motifs is 3. The van der Waals surface area contributed by atoms with Crippen LogP contribution >= 0.6 is 0 Å². The Morgan fingerprint density at radius 3 is 2.65 bits per heavy atom. The molecule has 5 atom stereocenters. The van der Waals surface area contributed by atoms with Gasteiger partial charge in [-0.15, -0.1) is 0 Å². The highest BCUT2D eigenvalue weighted by molar-refractivity contribution is 6.46. The van der Waals surface area contributed by atoms with E-state index in [1.165, 1.54) is 15.9 Å². The molecule has 4 amide bonds. The van der Waals surface area contributed by atoms with Gasteiger partial charge in [0, 0.05) is 31.1 Å². The number of hydrogen-bond acceptors (Lipinski definition) is 8. The SMILES string of the molecule is O=C(N[C@H]1CCCC/C=C\C[C@H]2COB(O)C2NC(=O)[C@@H]2C[C@@H](OC(=O)N3Cc4cccc(F)c4C3)CN2C1=O)OC1CCCC1. The molecule has 0 radical (unpaired) electrons. The monoisotopic (exact) mass is 640 g/mol. The van der Waals surface area contributed by atoms with Crippen LogP contribution in [0.15, 0.2) is 30.4 Å². The number of benzene rings is 1. The molecule has 6 rings (SSSR count). The molecule has 4 heterocycles. The molecule has 14 heteroatoms. The highest BCUT2D eigenvalue weighted by atomic mass is 19.1. The zero-order valence-corrected chi connectivity index (χ0v) is 25.9. The lowest BCUT2D eigenvalue weighted by atomic mass is 9.74. The fourth-order valence-electron chi connectivity index (χ4n) is 7.22. The first-order valence-corrected chi connectivity index (χ1v) is 16.5. The highest BCUT2D eigenvalue weighted by Gasteiger charge is 2.47. The van der Waals surface area contributed by atoms with E-state index < -0.39 is 61.1 Å². The van der Waals surface area contributed by atoms with Crippen molar-refractivity contribution in [3.63, 3.8) is 0 Å². The number of carbonyl (C=O) groups is 4. The molecule has 2 saturated heterocycles. The summed E-state index contributed by atoms with van der Waals surface area (Å²) in [6.45, 7) is 0.459. The van der Waals surface area contributed by atoms with Crippen molar-refractivity contribution < 1.29 is 42.7 Å². The molecule has 3 N–H and O–H groups in total. The van der Waals surface area contributed by atoms with Crippen LogP contribution in [0.2, 0.25) is 0 Å². The number of hydrogen-bond donors (Lipinski definition) is 3. The summed E-state index contributed by atoms with van der Waals surface area (Å²) in [5, 5.41) is 16.2. The highest BCUT2D eigenvalue weighted by Crippen LogP contribution is 2.29. The quantitative estimate of drug-likeness (QED) is 0.338. The second kappa shape index (κ2) is 14.4. The van der Waals surface area contributed by atoms with Gasteiger partial charge in [0.05, 0.1) is 19.0 Å². The van der Waals surface area contributed by atoms with E-state index in [1.54, 1.807) is 12.1 Å². The van der Waals surface area contributed by atoms with Crippen molar-refractivity contribution in [2.24, 2.45) is 5.92 Å². The third-order valence-electron chi connectivity index (χ3n) is 9.79. The van der Waals surface area contributed by atoms with E-state index in [-0.39, 0.29) is 44.7 Å². The van der Waals surface area contributed by atoms with Gasteiger partial charge in [-0.1, -0.05) is 30.7 Å². The molecule has 46 heavy (non-hydrogen) atoms. The van der Waals surface area contributed by atoms with Crippen molar-refractivity contribution in [1.82, 2.24) is 20.4 Å². The zero-order chi connectivity index (χ0) is 32.2. The van der Waals surface area contributed by atoms with Crippen LogP contribution in [0.1, 0.15) is 75.3 Å². The summed E-state index contributed by atoms with van der Waals surface area (Å²) >= 11 is 0. The maximum atomic E-state index is 14.3. The summed E-state index contributed by atoms with van der Waals surface area (Å²) in [6, 6.07) is 2.73. The molecule has 5 aliphatic rings. The number of rotatable bonds is 3. The summed E-state index contributed by atoms with van der Waals surface area (Å²) in [7, 11) is -1.20. The number of alkyl carbamates (subject to hydrolysis) is 1. The molecular formula is C32H42BFN4O8. The van der Waals surface area contributed by atoms with Gasteiger partial charge in [-0.05, 0) is 63.0 Å². The second-order valence-corrected chi connectivity index (χ2v) is 13.0.